The van der Waals surface area contributed by atoms with Crippen LogP contribution in [0.2, 0.25) is 0 Å². The van der Waals surface area contributed by atoms with E-state index < -0.39 is 51.9 Å². The molecule has 3 aromatic rings. The minimum atomic E-state index is -4.95. The number of rotatable bonds is 14. The smallest absolute Gasteiger partial charge is 0.404 e. The molecule has 1 saturated heterocycles. The maximum atomic E-state index is 13.1. The van der Waals surface area contributed by atoms with Gasteiger partial charge in [-0.15, -0.1) is 0 Å². The van der Waals surface area contributed by atoms with Crippen LogP contribution >= 0.6 is 47.5 Å². The normalized spacial score (nSPS) is 19.6. The number of halogens is 2. The second kappa shape index (κ2) is 17.7. The van der Waals surface area contributed by atoms with Crippen LogP contribution in [0.15, 0.2) is 64.3 Å². The van der Waals surface area contributed by atoms with Crippen molar-refractivity contribution in [3.8, 4) is 11.5 Å². The van der Waals surface area contributed by atoms with Gasteiger partial charge in [-0.25, -0.2) is 13.9 Å². The van der Waals surface area contributed by atoms with Crippen molar-refractivity contribution < 1.29 is 80.9 Å². The zero-order valence-corrected chi connectivity index (χ0v) is 32.2. The summed E-state index contributed by atoms with van der Waals surface area (Å²) < 4.78 is 53.6. The van der Waals surface area contributed by atoms with E-state index in [1.165, 1.54) is 61.7 Å². The number of benzene rings is 2. The molecular formula is C26H28Br2N4NaO13P2+. The molecule has 0 saturated carbocycles. The average Bonchev–Trinajstić information content (AvgIpc) is 3.39. The molecule has 17 nitrogen and oxygen atoms in total. The van der Waals surface area contributed by atoms with E-state index in [1.807, 2.05) is 0 Å². The molecule has 22 heteroatoms. The van der Waals surface area contributed by atoms with Crippen LogP contribution in [0.5, 0.6) is 11.5 Å². The minimum Gasteiger partial charge on any atom is -0.404 e. The van der Waals surface area contributed by atoms with Gasteiger partial charge in [0.25, 0.3) is 5.56 Å². The summed E-state index contributed by atoms with van der Waals surface area (Å²) in [5.74, 6) is -1.02. The van der Waals surface area contributed by atoms with Crippen LogP contribution < -0.4 is 60.5 Å². The summed E-state index contributed by atoms with van der Waals surface area (Å²) >= 11 is 6.03. The van der Waals surface area contributed by atoms with Crippen molar-refractivity contribution in [1.82, 2.24) is 9.55 Å². The number of anilines is 2. The fourth-order valence-electron chi connectivity index (χ4n) is 4.24. The van der Waals surface area contributed by atoms with Crippen LogP contribution in [0.3, 0.4) is 0 Å². The Bertz CT molecular complexity index is 1850. The van der Waals surface area contributed by atoms with Gasteiger partial charge in [-0.05, 0) is 31.2 Å². The molecule has 2 heterocycles. The number of ether oxygens (including phenoxy) is 1. The number of hydrogen-bond acceptors (Lipinski definition) is 11. The first-order valence-electron chi connectivity index (χ1n) is 13.4. The Balaban J connectivity index is 0.00000625. The van der Waals surface area contributed by atoms with E-state index in [2.05, 4.69) is 47.5 Å². The van der Waals surface area contributed by atoms with Gasteiger partial charge in [-0.3, -0.25) is 42.8 Å². The Hall–Kier alpha value is -2.12. The van der Waals surface area contributed by atoms with E-state index in [-0.39, 0.29) is 86.9 Å². The molecule has 2 amide bonds. The first-order chi connectivity index (χ1) is 22.2. The summed E-state index contributed by atoms with van der Waals surface area (Å²) in [5.41, 5.74) is -0.770. The summed E-state index contributed by atoms with van der Waals surface area (Å²) in [6.07, 6.45) is -2.93. The first-order valence-corrected chi connectivity index (χ1v) is 18.7. The van der Waals surface area contributed by atoms with E-state index >= 15 is 0 Å². The van der Waals surface area contributed by atoms with E-state index in [0.717, 1.165) is 4.57 Å². The third-order valence-electron chi connectivity index (χ3n) is 6.23. The van der Waals surface area contributed by atoms with Gasteiger partial charge in [0.1, 0.15) is 29.9 Å². The largest absolute Gasteiger partial charge is 1.00 e. The summed E-state index contributed by atoms with van der Waals surface area (Å²) in [6, 6.07) is 11.2. The number of hydrogen-bond donors (Lipinski definition) is 5. The molecule has 5 N–H and O–H groups in total. The van der Waals surface area contributed by atoms with Gasteiger partial charge >= 0.3 is 50.9 Å². The molecule has 5 unspecified atom stereocenters. The Kier molecular flexibility index (Phi) is 14.9. The van der Waals surface area contributed by atoms with Gasteiger partial charge in [0.05, 0.1) is 17.3 Å². The molecule has 254 valence electrons. The van der Waals surface area contributed by atoms with Gasteiger partial charge in [0.15, 0.2) is 0 Å². The van der Waals surface area contributed by atoms with Gasteiger partial charge < -0.3 is 24.4 Å². The molecular weight excluding hydrogens is 821 g/mol. The van der Waals surface area contributed by atoms with Gasteiger partial charge in [0.2, 0.25) is 11.8 Å². The molecule has 1 aromatic heterocycles. The number of nitrogens with one attached hydrogen (secondary N) is 3. The van der Waals surface area contributed by atoms with Crippen molar-refractivity contribution in [1.29, 1.82) is 0 Å². The van der Waals surface area contributed by atoms with Crippen LogP contribution in [0.1, 0.15) is 18.2 Å². The van der Waals surface area contributed by atoms with Crippen molar-refractivity contribution >= 4 is 70.7 Å². The third kappa shape index (κ3) is 11.7. The zero-order valence-electron chi connectivity index (χ0n) is 25.2. The maximum Gasteiger partial charge on any atom is 1.00 e. The number of nitrogens with zero attached hydrogens (tertiary/aromatic N) is 1. The molecule has 0 radical (unpaired) electrons. The molecule has 1 aliphatic rings. The van der Waals surface area contributed by atoms with Crippen LogP contribution in [-0.2, 0) is 32.5 Å². The molecule has 5 atom stereocenters. The third-order valence-corrected chi connectivity index (χ3v) is 9.14. The molecule has 1 aliphatic heterocycles. The molecule has 0 aliphatic carbocycles. The number of phosphoric ester groups is 2. The monoisotopic (exact) mass is 847 g/mol. The molecule has 4 rings (SSSR count). The number of phosphoric acid groups is 2. The molecule has 1 fully saturated rings. The predicted molar refractivity (Wildman–Crippen MR) is 174 cm³/mol. The average molecular weight is 849 g/mol. The second-order valence-electron chi connectivity index (χ2n) is 9.82. The van der Waals surface area contributed by atoms with Crippen molar-refractivity contribution in [3.63, 3.8) is 0 Å². The van der Waals surface area contributed by atoms with Crippen molar-refractivity contribution in [2.24, 2.45) is 0 Å². The number of aryl methyl sites for hydroxylation is 1. The number of aromatic amines is 1. The molecule has 0 spiro atoms. The number of carbonyl (C=O) groups excluding carboxylic acids is 2. The van der Waals surface area contributed by atoms with Gasteiger partial charge in [-0.1, -0.05) is 44.0 Å². The fraction of sp³-hybridized carbons (Fsp3) is 0.308. The SMILES string of the molecule is Cc1cn(C2CC(OP(=O)(O)Oc3cccc(NC(=O)CBr)c3)C(COP(=O)(O)Oc3cccc(NC(=O)CBr)c3)O2)c(=O)[nH]c1=O.[Na+]. The summed E-state index contributed by atoms with van der Waals surface area (Å²) in [6.45, 7) is 0.711. The number of alkyl halides is 2. The van der Waals surface area contributed by atoms with Gasteiger partial charge in [0, 0.05) is 41.7 Å². The summed E-state index contributed by atoms with van der Waals surface area (Å²) in [7, 11) is -9.82. The number of H-pyrrole nitrogens is 1. The van der Waals surface area contributed by atoms with Gasteiger partial charge in [-0.2, -0.15) is 0 Å². The number of aromatic nitrogens is 2. The minimum absolute atomic E-state index is 0. The Morgan fingerprint density at radius 1 is 0.979 bits per heavy atom. The second-order valence-corrected chi connectivity index (χ2v) is 13.7. The van der Waals surface area contributed by atoms with Crippen LogP contribution in [0.4, 0.5) is 11.4 Å². The zero-order chi connectivity index (χ0) is 34.4. The fourth-order valence-corrected chi connectivity index (χ4v) is 6.27. The van der Waals surface area contributed by atoms with Crippen LogP contribution in [-0.4, -0.2) is 60.6 Å². The molecule has 48 heavy (non-hydrogen) atoms. The van der Waals surface area contributed by atoms with Crippen molar-refractivity contribution in [2.75, 3.05) is 27.9 Å². The van der Waals surface area contributed by atoms with Crippen LogP contribution in [0, 0.1) is 6.92 Å². The van der Waals surface area contributed by atoms with E-state index in [0.29, 0.717) is 0 Å². The molecule has 0 bridgehead atoms. The Morgan fingerprint density at radius 2 is 1.52 bits per heavy atom. The van der Waals surface area contributed by atoms with E-state index in [1.54, 1.807) is 0 Å². The summed E-state index contributed by atoms with van der Waals surface area (Å²) in [5, 5.41) is 5.11. The van der Waals surface area contributed by atoms with E-state index in [4.69, 9.17) is 22.8 Å². The number of amides is 2. The Labute approximate surface area is 311 Å². The number of carbonyl (C=O) groups is 2. The standard InChI is InChI=1S/C26H28Br2N4O13P2.Na/c1-15-13-32(26(36)31-25(15)35)24-10-20(45-47(39,40)44-19-7-3-5-17(9-19)30-23(34)12-28)21(42-24)14-41-46(37,38)43-18-6-2-4-16(8-18)29-22(33)11-27;/h2-9,13,20-21,24H,10-12,14H2,1H3,(H,29,33)(H,30,34)(H,37,38)(H,39,40)(H,31,35,36);/q;+1. The topological polar surface area (TPSA) is 234 Å². The summed E-state index contributed by atoms with van der Waals surface area (Å²) in [4.78, 5) is 71.0. The first kappa shape index (κ1) is 40.3. The Morgan fingerprint density at radius 3 is 2.06 bits per heavy atom. The predicted octanol–water partition coefficient (Wildman–Crippen LogP) is 0.564. The quantitative estimate of drug-likeness (QED) is 0.0850. The van der Waals surface area contributed by atoms with Crippen molar-refractivity contribution in [3.05, 3.63) is 81.1 Å². The molecule has 2 aromatic carbocycles. The van der Waals surface area contributed by atoms with E-state index in [9.17, 15) is 38.1 Å². The van der Waals surface area contributed by atoms with Crippen molar-refractivity contribution in [2.45, 2.75) is 31.8 Å². The maximum absolute atomic E-state index is 13.1. The van der Waals surface area contributed by atoms with Crippen LogP contribution in [0.25, 0.3) is 0 Å².